The van der Waals surface area contributed by atoms with Crippen molar-refractivity contribution >= 4 is 5.95 Å². The van der Waals surface area contributed by atoms with Crippen LogP contribution in [0.1, 0.15) is 38.2 Å². The zero-order chi connectivity index (χ0) is 12.3. The summed E-state index contributed by atoms with van der Waals surface area (Å²) in [5.41, 5.74) is 7.11. The fourth-order valence-electron chi connectivity index (χ4n) is 2.36. The molecule has 2 rings (SSSR count). The Morgan fingerprint density at radius 1 is 1.24 bits per heavy atom. The van der Waals surface area contributed by atoms with Gasteiger partial charge in [0, 0.05) is 31.5 Å². The van der Waals surface area contributed by atoms with Crippen molar-refractivity contribution in [1.82, 2.24) is 9.97 Å². The quantitative estimate of drug-likeness (QED) is 0.865. The van der Waals surface area contributed by atoms with Crippen molar-refractivity contribution in [3.63, 3.8) is 0 Å². The zero-order valence-corrected chi connectivity index (χ0v) is 10.8. The van der Waals surface area contributed by atoms with E-state index < -0.39 is 0 Å². The lowest BCUT2D eigenvalue weighted by molar-refractivity contribution is 0.382. The van der Waals surface area contributed by atoms with Crippen molar-refractivity contribution in [3.8, 4) is 0 Å². The van der Waals surface area contributed by atoms with Gasteiger partial charge in [-0.15, -0.1) is 0 Å². The summed E-state index contributed by atoms with van der Waals surface area (Å²) in [6.45, 7) is 2.12. The van der Waals surface area contributed by atoms with Crippen LogP contribution in [0.4, 0.5) is 5.95 Å². The Kier molecular flexibility index (Phi) is 3.94. The minimum atomic E-state index is 0.392. The Bertz CT molecular complexity index is 341. The van der Waals surface area contributed by atoms with Gasteiger partial charge in [0.2, 0.25) is 5.95 Å². The molecule has 0 bridgehead atoms. The van der Waals surface area contributed by atoms with Crippen LogP contribution in [-0.4, -0.2) is 29.1 Å². The molecule has 1 saturated carbocycles. The van der Waals surface area contributed by atoms with Crippen LogP contribution in [-0.2, 0) is 6.42 Å². The number of rotatable bonds is 3. The van der Waals surface area contributed by atoms with Gasteiger partial charge in [-0.2, -0.15) is 0 Å². The molecule has 0 unspecified atom stereocenters. The molecule has 0 radical (unpaired) electrons. The number of aromatic nitrogens is 2. The highest BCUT2D eigenvalue weighted by atomic mass is 15.2. The van der Waals surface area contributed by atoms with Gasteiger partial charge < -0.3 is 10.6 Å². The summed E-state index contributed by atoms with van der Waals surface area (Å²) >= 11 is 0. The van der Waals surface area contributed by atoms with Crippen LogP contribution in [0.3, 0.4) is 0 Å². The van der Waals surface area contributed by atoms with E-state index in [1.807, 2.05) is 12.4 Å². The molecule has 4 heteroatoms. The summed E-state index contributed by atoms with van der Waals surface area (Å²) in [5, 5.41) is 0. The maximum atomic E-state index is 5.92. The number of nitrogens with zero attached hydrogens (tertiary/aromatic N) is 3. The van der Waals surface area contributed by atoms with Crippen molar-refractivity contribution in [2.75, 3.05) is 11.9 Å². The average Bonchev–Trinajstić information content (AvgIpc) is 2.39. The molecule has 1 aliphatic carbocycles. The minimum Gasteiger partial charge on any atom is -0.341 e. The second-order valence-electron chi connectivity index (χ2n) is 4.92. The van der Waals surface area contributed by atoms with Gasteiger partial charge in [0.25, 0.3) is 0 Å². The normalized spacial score (nSPS) is 24.6. The molecular weight excluding hydrogens is 212 g/mol. The van der Waals surface area contributed by atoms with E-state index in [0.717, 1.165) is 38.1 Å². The SMILES string of the molecule is CCc1cnc(N(C)C2CCC(N)CC2)nc1. The Balaban J connectivity index is 2.00. The van der Waals surface area contributed by atoms with Gasteiger partial charge in [-0.25, -0.2) is 9.97 Å². The molecule has 0 amide bonds. The Morgan fingerprint density at radius 3 is 2.35 bits per heavy atom. The Hall–Kier alpha value is -1.16. The van der Waals surface area contributed by atoms with Gasteiger partial charge in [-0.3, -0.25) is 0 Å². The van der Waals surface area contributed by atoms with Crippen LogP contribution in [0.25, 0.3) is 0 Å². The van der Waals surface area contributed by atoms with Gasteiger partial charge in [-0.1, -0.05) is 6.92 Å². The average molecular weight is 234 g/mol. The number of anilines is 1. The van der Waals surface area contributed by atoms with Crippen molar-refractivity contribution < 1.29 is 0 Å². The molecule has 1 fully saturated rings. The predicted octanol–water partition coefficient (Wildman–Crippen LogP) is 1.75. The van der Waals surface area contributed by atoms with E-state index in [4.69, 9.17) is 5.73 Å². The first-order valence-corrected chi connectivity index (χ1v) is 6.50. The topological polar surface area (TPSA) is 55.0 Å². The fraction of sp³-hybridized carbons (Fsp3) is 0.692. The molecule has 0 spiro atoms. The van der Waals surface area contributed by atoms with Crippen LogP contribution in [0.2, 0.25) is 0 Å². The molecule has 0 atom stereocenters. The summed E-state index contributed by atoms with van der Waals surface area (Å²) in [7, 11) is 2.09. The zero-order valence-electron chi connectivity index (χ0n) is 10.8. The number of hydrogen-bond donors (Lipinski definition) is 1. The lowest BCUT2D eigenvalue weighted by Crippen LogP contribution is -2.39. The minimum absolute atomic E-state index is 0.392. The monoisotopic (exact) mass is 234 g/mol. The van der Waals surface area contributed by atoms with Gasteiger partial charge in [0.15, 0.2) is 0 Å². The van der Waals surface area contributed by atoms with Crippen LogP contribution in [0.15, 0.2) is 12.4 Å². The molecule has 0 aliphatic heterocycles. The van der Waals surface area contributed by atoms with Crippen LogP contribution >= 0.6 is 0 Å². The second-order valence-corrected chi connectivity index (χ2v) is 4.92. The van der Waals surface area contributed by atoms with Crippen LogP contribution in [0.5, 0.6) is 0 Å². The molecule has 1 aliphatic rings. The van der Waals surface area contributed by atoms with E-state index in [9.17, 15) is 0 Å². The maximum absolute atomic E-state index is 5.92. The highest BCUT2D eigenvalue weighted by Gasteiger charge is 2.23. The number of hydrogen-bond acceptors (Lipinski definition) is 4. The summed E-state index contributed by atoms with van der Waals surface area (Å²) in [4.78, 5) is 11.1. The molecule has 1 heterocycles. The molecule has 94 valence electrons. The first kappa shape index (κ1) is 12.3. The third-order valence-corrected chi connectivity index (χ3v) is 3.70. The van der Waals surface area contributed by atoms with E-state index in [1.165, 1.54) is 5.56 Å². The van der Waals surface area contributed by atoms with Gasteiger partial charge >= 0.3 is 0 Å². The van der Waals surface area contributed by atoms with Crippen LogP contribution in [0, 0.1) is 0 Å². The smallest absolute Gasteiger partial charge is 0.225 e. The molecule has 1 aromatic rings. The van der Waals surface area contributed by atoms with Gasteiger partial charge in [-0.05, 0) is 37.7 Å². The van der Waals surface area contributed by atoms with Crippen LogP contribution < -0.4 is 10.6 Å². The van der Waals surface area contributed by atoms with E-state index in [2.05, 4.69) is 28.8 Å². The molecule has 4 nitrogen and oxygen atoms in total. The molecule has 2 N–H and O–H groups in total. The first-order chi connectivity index (χ1) is 8.20. The number of aryl methyl sites for hydroxylation is 1. The van der Waals surface area contributed by atoms with E-state index in [1.54, 1.807) is 0 Å². The third kappa shape index (κ3) is 2.94. The molecule has 17 heavy (non-hydrogen) atoms. The third-order valence-electron chi connectivity index (χ3n) is 3.70. The summed E-state index contributed by atoms with van der Waals surface area (Å²) in [5.74, 6) is 0.836. The maximum Gasteiger partial charge on any atom is 0.225 e. The Morgan fingerprint density at radius 2 is 1.82 bits per heavy atom. The summed E-state index contributed by atoms with van der Waals surface area (Å²) < 4.78 is 0. The van der Waals surface area contributed by atoms with Crippen molar-refractivity contribution in [2.24, 2.45) is 5.73 Å². The standard InChI is InChI=1S/C13H22N4/c1-3-10-8-15-13(16-9-10)17(2)12-6-4-11(14)5-7-12/h8-9,11-12H,3-7,14H2,1-2H3. The summed E-state index contributed by atoms with van der Waals surface area (Å²) in [6.07, 6.45) is 9.36. The van der Waals surface area contributed by atoms with E-state index in [-0.39, 0.29) is 0 Å². The van der Waals surface area contributed by atoms with Gasteiger partial charge in [0.05, 0.1) is 0 Å². The lowest BCUT2D eigenvalue weighted by Gasteiger charge is -2.33. The predicted molar refractivity (Wildman–Crippen MR) is 70.0 cm³/mol. The Labute approximate surface area is 103 Å². The largest absolute Gasteiger partial charge is 0.341 e. The molecule has 1 aromatic heterocycles. The second kappa shape index (κ2) is 5.45. The van der Waals surface area contributed by atoms with E-state index >= 15 is 0 Å². The molecule has 0 aromatic carbocycles. The highest BCUT2D eigenvalue weighted by Crippen LogP contribution is 2.23. The van der Waals surface area contributed by atoms with Crippen molar-refractivity contribution in [1.29, 1.82) is 0 Å². The van der Waals surface area contributed by atoms with E-state index in [0.29, 0.717) is 12.1 Å². The first-order valence-electron chi connectivity index (χ1n) is 6.50. The summed E-state index contributed by atoms with van der Waals surface area (Å²) in [6, 6.07) is 0.935. The number of nitrogens with two attached hydrogens (primary N) is 1. The van der Waals surface area contributed by atoms with Gasteiger partial charge in [0.1, 0.15) is 0 Å². The van der Waals surface area contributed by atoms with Crippen molar-refractivity contribution in [3.05, 3.63) is 18.0 Å². The fourth-order valence-corrected chi connectivity index (χ4v) is 2.36. The molecular formula is C13H22N4. The molecule has 0 saturated heterocycles. The van der Waals surface area contributed by atoms with Crippen molar-refractivity contribution in [2.45, 2.75) is 51.1 Å². The lowest BCUT2D eigenvalue weighted by atomic mass is 9.91. The highest BCUT2D eigenvalue weighted by molar-refractivity contribution is 5.30.